The molecule has 2 rings (SSSR count). The van der Waals surface area contributed by atoms with Gasteiger partial charge in [0.15, 0.2) is 0 Å². The normalized spacial score (nSPS) is 11.5. The van der Waals surface area contributed by atoms with E-state index in [1.165, 1.54) is 0 Å². The molecule has 0 fully saturated rings. The molecule has 21 heavy (non-hydrogen) atoms. The van der Waals surface area contributed by atoms with Crippen molar-refractivity contribution < 1.29 is 14.7 Å². The summed E-state index contributed by atoms with van der Waals surface area (Å²) in [4.78, 5) is 22.3. The van der Waals surface area contributed by atoms with Crippen molar-refractivity contribution in [2.75, 3.05) is 11.9 Å². The summed E-state index contributed by atoms with van der Waals surface area (Å²) < 4.78 is 0. The number of carbonyl (C=O) groups is 2. The average molecular weight is 284 g/mol. The molecule has 0 saturated heterocycles. The minimum atomic E-state index is -0.816. The molecule has 2 amide bonds. The third-order valence-electron chi connectivity index (χ3n) is 2.96. The summed E-state index contributed by atoms with van der Waals surface area (Å²) in [5, 5.41) is 15.1. The number of aliphatic hydroxyl groups is 1. The number of nitrogens with one attached hydrogen (secondary N) is 2. The molecule has 0 aliphatic heterocycles. The van der Waals surface area contributed by atoms with E-state index in [2.05, 4.69) is 10.6 Å². The van der Waals surface area contributed by atoms with Crippen molar-refractivity contribution in [1.29, 1.82) is 0 Å². The number of aliphatic hydroxyl groups excluding tert-OH is 1. The first kappa shape index (κ1) is 14.7. The maximum absolute atomic E-state index is 12.0. The fourth-order valence-corrected chi connectivity index (χ4v) is 1.89. The monoisotopic (exact) mass is 284 g/mol. The van der Waals surface area contributed by atoms with Crippen LogP contribution in [-0.2, 0) is 4.79 Å². The molecule has 108 valence electrons. The van der Waals surface area contributed by atoms with E-state index in [9.17, 15) is 14.7 Å². The van der Waals surface area contributed by atoms with Gasteiger partial charge in [-0.3, -0.25) is 9.59 Å². The van der Waals surface area contributed by atoms with Crippen LogP contribution in [0.1, 0.15) is 22.0 Å². The Bertz CT molecular complexity index is 614. The molecular weight excluding hydrogens is 268 g/mol. The lowest BCUT2D eigenvalue weighted by molar-refractivity contribution is -0.109. The number of anilines is 1. The van der Waals surface area contributed by atoms with Gasteiger partial charge in [-0.15, -0.1) is 0 Å². The highest BCUT2D eigenvalue weighted by atomic mass is 16.3. The van der Waals surface area contributed by atoms with Crippen LogP contribution in [0.3, 0.4) is 0 Å². The van der Waals surface area contributed by atoms with Gasteiger partial charge in [0.2, 0.25) is 6.41 Å². The van der Waals surface area contributed by atoms with Crippen molar-refractivity contribution >= 4 is 18.0 Å². The highest BCUT2D eigenvalue weighted by Gasteiger charge is 2.09. The van der Waals surface area contributed by atoms with Crippen molar-refractivity contribution in [2.24, 2.45) is 0 Å². The third kappa shape index (κ3) is 4.15. The molecule has 2 aromatic rings. The lowest BCUT2D eigenvalue weighted by Gasteiger charge is -2.12. The topological polar surface area (TPSA) is 78.4 Å². The van der Waals surface area contributed by atoms with Gasteiger partial charge in [0.05, 0.1) is 6.10 Å². The number of amides is 2. The molecule has 3 N–H and O–H groups in total. The van der Waals surface area contributed by atoms with Crippen LogP contribution in [0.2, 0.25) is 0 Å². The Kier molecular flexibility index (Phi) is 5.06. The summed E-state index contributed by atoms with van der Waals surface area (Å²) in [5.74, 6) is -0.215. The Hall–Kier alpha value is -2.66. The van der Waals surface area contributed by atoms with E-state index >= 15 is 0 Å². The zero-order chi connectivity index (χ0) is 15.1. The second kappa shape index (κ2) is 7.21. The standard InChI is InChI=1S/C16H16N2O3/c19-11-17-10-15(20)13-7-4-8-14(9-13)18-16(21)12-5-2-1-3-6-12/h1-9,11,15,20H,10H2,(H,17,19)(H,18,21). The smallest absolute Gasteiger partial charge is 0.255 e. The van der Waals surface area contributed by atoms with E-state index in [0.29, 0.717) is 23.2 Å². The second-order valence-electron chi connectivity index (χ2n) is 4.49. The molecule has 1 unspecified atom stereocenters. The SMILES string of the molecule is O=CNCC(O)c1cccc(NC(=O)c2ccccc2)c1. The number of benzene rings is 2. The first-order chi connectivity index (χ1) is 10.2. The molecule has 0 aliphatic rings. The van der Waals surface area contributed by atoms with Crippen LogP contribution in [0.25, 0.3) is 0 Å². The van der Waals surface area contributed by atoms with Crippen molar-refractivity contribution in [2.45, 2.75) is 6.10 Å². The van der Waals surface area contributed by atoms with E-state index in [0.717, 1.165) is 0 Å². The van der Waals surface area contributed by atoms with Crippen LogP contribution in [-0.4, -0.2) is 24.0 Å². The van der Waals surface area contributed by atoms with Crippen LogP contribution in [0.15, 0.2) is 54.6 Å². The van der Waals surface area contributed by atoms with E-state index in [1.54, 1.807) is 48.5 Å². The molecule has 1 atom stereocenters. The Morgan fingerprint density at radius 2 is 1.90 bits per heavy atom. The average Bonchev–Trinajstić information content (AvgIpc) is 2.53. The van der Waals surface area contributed by atoms with Crippen LogP contribution < -0.4 is 10.6 Å². The van der Waals surface area contributed by atoms with Gasteiger partial charge in [-0.2, -0.15) is 0 Å². The molecule has 0 radical (unpaired) electrons. The molecule has 0 heterocycles. The molecule has 0 saturated carbocycles. The molecular formula is C16H16N2O3. The quantitative estimate of drug-likeness (QED) is 0.707. The van der Waals surface area contributed by atoms with Gasteiger partial charge in [-0.25, -0.2) is 0 Å². The van der Waals surface area contributed by atoms with Crippen molar-refractivity contribution in [3.63, 3.8) is 0 Å². The number of hydrogen-bond acceptors (Lipinski definition) is 3. The summed E-state index contributed by atoms with van der Waals surface area (Å²) in [6, 6.07) is 15.8. The first-order valence-electron chi connectivity index (χ1n) is 6.52. The summed E-state index contributed by atoms with van der Waals surface area (Å²) in [6.07, 6.45) is -0.284. The minimum Gasteiger partial charge on any atom is -0.387 e. The molecule has 0 spiro atoms. The van der Waals surface area contributed by atoms with Crippen LogP contribution in [0.5, 0.6) is 0 Å². The molecule has 5 heteroatoms. The first-order valence-corrected chi connectivity index (χ1v) is 6.52. The van der Waals surface area contributed by atoms with Crippen LogP contribution in [0.4, 0.5) is 5.69 Å². The van der Waals surface area contributed by atoms with Gasteiger partial charge in [-0.05, 0) is 29.8 Å². The van der Waals surface area contributed by atoms with E-state index in [1.807, 2.05) is 6.07 Å². The molecule has 0 aliphatic carbocycles. The number of rotatable bonds is 6. The summed E-state index contributed by atoms with van der Waals surface area (Å²) in [6.45, 7) is 0.125. The number of hydrogen-bond donors (Lipinski definition) is 3. The molecule has 0 bridgehead atoms. The number of carbonyl (C=O) groups excluding carboxylic acids is 2. The molecule has 5 nitrogen and oxygen atoms in total. The van der Waals surface area contributed by atoms with E-state index in [4.69, 9.17) is 0 Å². The predicted octanol–water partition coefficient (Wildman–Crippen LogP) is 1.72. The zero-order valence-corrected chi connectivity index (χ0v) is 11.3. The Morgan fingerprint density at radius 1 is 1.14 bits per heavy atom. The Morgan fingerprint density at radius 3 is 2.62 bits per heavy atom. The lowest BCUT2D eigenvalue weighted by atomic mass is 10.1. The maximum atomic E-state index is 12.0. The second-order valence-corrected chi connectivity index (χ2v) is 4.49. The van der Waals surface area contributed by atoms with Gasteiger partial charge < -0.3 is 15.7 Å². The van der Waals surface area contributed by atoms with E-state index in [-0.39, 0.29) is 12.5 Å². The largest absolute Gasteiger partial charge is 0.387 e. The van der Waals surface area contributed by atoms with Gasteiger partial charge >= 0.3 is 0 Å². The molecule has 2 aromatic carbocycles. The van der Waals surface area contributed by atoms with Crippen molar-refractivity contribution in [1.82, 2.24) is 5.32 Å². The molecule has 0 aromatic heterocycles. The fraction of sp³-hybridized carbons (Fsp3) is 0.125. The lowest BCUT2D eigenvalue weighted by Crippen LogP contribution is -2.19. The van der Waals surface area contributed by atoms with Gasteiger partial charge in [0.25, 0.3) is 5.91 Å². The Balaban J connectivity index is 2.07. The summed E-state index contributed by atoms with van der Waals surface area (Å²) in [7, 11) is 0. The highest BCUT2D eigenvalue weighted by Crippen LogP contribution is 2.17. The summed E-state index contributed by atoms with van der Waals surface area (Å²) >= 11 is 0. The predicted molar refractivity (Wildman–Crippen MR) is 79.9 cm³/mol. The van der Waals surface area contributed by atoms with Crippen molar-refractivity contribution in [3.05, 3.63) is 65.7 Å². The van der Waals surface area contributed by atoms with Gasteiger partial charge in [-0.1, -0.05) is 30.3 Å². The third-order valence-corrected chi connectivity index (χ3v) is 2.96. The Labute approximate surface area is 122 Å². The van der Waals surface area contributed by atoms with Crippen molar-refractivity contribution in [3.8, 4) is 0 Å². The maximum Gasteiger partial charge on any atom is 0.255 e. The highest BCUT2D eigenvalue weighted by molar-refractivity contribution is 6.04. The summed E-state index contributed by atoms with van der Waals surface area (Å²) in [5.41, 5.74) is 1.77. The van der Waals surface area contributed by atoms with E-state index < -0.39 is 6.10 Å². The zero-order valence-electron chi connectivity index (χ0n) is 11.3. The van der Waals surface area contributed by atoms with Gasteiger partial charge in [0.1, 0.15) is 0 Å². The van der Waals surface area contributed by atoms with Gasteiger partial charge in [0, 0.05) is 17.8 Å². The van der Waals surface area contributed by atoms with Crippen LogP contribution >= 0.6 is 0 Å². The van der Waals surface area contributed by atoms with Crippen LogP contribution in [0, 0.1) is 0 Å². The minimum absolute atomic E-state index is 0.125. The fourth-order valence-electron chi connectivity index (χ4n) is 1.89.